The molecule has 0 radical (unpaired) electrons. The van der Waals surface area contributed by atoms with Crippen LogP contribution in [0.1, 0.15) is 30.1 Å². The number of piperidine rings is 1. The molecule has 0 atom stereocenters. The number of benzene rings is 1. The molecule has 4 rings (SSSR count). The van der Waals surface area contributed by atoms with Gasteiger partial charge in [0.2, 0.25) is 0 Å². The zero-order valence-electron chi connectivity index (χ0n) is 15.0. The van der Waals surface area contributed by atoms with Crippen LogP contribution in [0.5, 0.6) is 0 Å². The maximum absolute atomic E-state index is 9.69. The third-order valence-electron chi connectivity index (χ3n) is 5.10. The Hall–Kier alpha value is -2.72. The highest BCUT2D eigenvalue weighted by Gasteiger charge is 2.26. The molecule has 1 fully saturated rings. The maximum Gasteiger partial charge on any atom is 0.135 e. The average molecular weight is 423 g/mol. The van der Waals surface area contributed by atoms with E-state index >= 15 is 0 Å². The molecule has 0 saturated carbocycles. The van der Waals surface area contributed by atoms with E-state index in [2.05, 4.69) is 48.1 Å². The van der Waals surface area contributed by atoms with Crippen molar-refractivity contribution in [1.82, 2.24) is 19.7 Å². The van der Waals surface area contributed by atoms with Gasteiger partial charge in [-0.15, -0.1) is 10.2 Å². The molecule has 0 unspecified atom stereocenters. The molecule has 0 aliphatic carbocycles. The van der Waals surface area contributed by atoms with Gasteiger partial charge in [0.25, 0.3) is 0 Å². The van der Waals surface area contributed by atoms with Crippen molar-refractivity contribution in [1.29, 1.82) is 5.26 Å². The standard InChI is InChI=1S/C20H19BrN6/c1-26-13-24-25-20(26)14-5-7-27(8-6-14)19-15(10-22)3-2-4-18(19)16-9-17(21)12-23-11-16/h2-4,9,11-14H,5-8H2,1H3. The number of aryl methyl sites for hydroxylation is 1. The molecule has 2 aromatic heterocycles. The Balaban J connectivity index is 1.66. The van der Waals surface area contributed by atoms with Crippen LogP contribution in [0.3, 0.4) is 0 Å². The molecule has 0 amide bonds. The van der Waals surface area contributed by atoms with E-state index in [1.54, 1.807) is 12.5 Å². The summed E-state index contributed by atoms with van der Waals surface area (Å²) < 4.78 is 2.93. The second-order valence-corrected chi connectivity index (χ2v) is 7.68. The first kappa shape index (κ1) is 17.7. The van der Waals surface area contributed by atoms with Crippen LogP contribution in [0, 0.1) is 11.3 Å². The molecule has 136 valence electrons. The van der Waals surface area contributed by atoms with Crippen molar-refractivity contribution in [2.24, 2.45) is 7.05 Å². The Morgan fingerprint density at radius 3 is 2.70 bits per heavy atom. The molecule has 1 aliphatic heterocycles. The predicted molar refractivity (Wildman–Crippen MR) is 107 cm³/mol. The fourth-order valence-electron chi connectivity index (χ4n) is 3.79. The van der Waals surface area contributed by atoms with Crippen LogP contribution in [-0.2, 0) is 7.05 Å². The molecule has 3 heterocycles. The molecule has 1 aromatic carbocycles. The number of hydrogen-bond acceptors (Lipinski definition) is 5. The van der Waals surface area contributed by atoms with Crippen molar-refractivity contribution in [3.05, 3.63) is 58.8 Å². The van der Waals surface area contributed by atoms with Gasteiger partial charge in [0, 0.05) is 54.0 Å². The van der Waals surface area contributed by atoms with E-state index in [-0.39, 0.29) is 0 Å². The minimum atomic E-state index is 0.402. The van der Waals surface area contributed by atoms with Crippen molar-refractivity contribution < 1.29 is 0 Å². The van der Waals surface area contributed by atoms with E-state index in [1.807, 2.05) is 36.0 Å². The fourth-order valence-corrected chi connectivity index (χ4v) is 4.15. The van der Waals surface area contributed by atoms with Gasteiger partial charge in [0.1, 0.15) is 18.2 Å². The lowest BCUT2D eigenvalue weighted by molar-refractivity contribution is 0.474. The Morgan fingerprint density at radius 1 is 1.22 bits per heavy atom. The number of para-hydroxylation sites is 1. The number of anilines is 1. The molecule has 0 N–H and O–H groups in total. The molecule has 6 nitrogen and oxygen atoms in total. The van der Waals surface area contributed by atoms with Gasteiger partial charge in [-0.25, -0.2) is 0 Å². The van der Waals surface area contributed by atoms with Crippen molar-refractivity contribution in [2.45, 2.75) is 18.8 Å². The molecule has 0 spiro atoms. The Morgan fingerprint density at radius 2 is 2.04 bits per heavy atom. The summed E-state index contributed by atoms with van der Waals surface area (Å²) in [4.78, 5) is 6.61. The van der Waals surface area contributed by atoms with Crippen molar-refractivity contribution in [3.63, 3.8) is 0 Å². The second-order valence-electron chi connectivity index (χ2n) is 6.77. The monoisotopic (exact) mass is 422 g/mol. The maximum atomic E-state index is 9.69. The van der Waals surface area contributed by atoms with Gasteiger partial charge < -0.3 is 9.47 Å². The van der Waals surface area contributed by atoms with Gasteiger partial charge >= 0.3 is 0 Å². The molecule has 0 bridgehead atoms. The number of hydrogen-bond donors (Lipinski definition) is 0. The Bertz CT molecular complexity index is 998. The largest absolute Gasteiger partial charge is 0.370 e. The van der Waals surface area contributed by atoms with Crippen LogP contribution in [-0.4, -0.2) is 32.8 Å². The summed E-state index contributed by atoms with van der Waals surface area (Å²) in [6.07, 6.45) is 7.34. The molecule has 1 aliphatic rings. The Labute approximate surface area is 166 Å². The molecule has 27 heavy (non-hydrogen) atoms. The number of nitriles is 1. The zero-order valence-corrected chi connectivity index (χ0v) is 16.6. The van der Waals surface area contributed by atoms with Gasteiger partial charge in [0.15, 0.2) is 0 Å². The normalized spacial score (nSPS) is 14.9. The van der Waals surface area contributed by atoms with E-state index in [1.165, 1.54) is 0 Å². The molecular weight excluding hydrogens is 404 g/mol. The number of aromatic nitrogens is 4. The van der Waals surface area contributed by atoms with Crippen LogP contribution in [0.15, 0.2) is 47.5 Å². The number of halogens is 1. The molecule has 7 heteroatoms. The third-order valence-corrected chi connectivity index (χ3v) is 5.53. The first-order chi connectivity index (χ1) is 13.2. The summed E-state index contributed by atoms with van der Waals surface area (Å²) in [5, 5.41) is 18.0. The highest BCUT2D eigenvalue weighted by atomic mass is 79.9. The van der Waals surface area contributed by atoms with Crippen LogP contribution in [0.2, 0.25) is 0 Å². The minimum Gasteiger partial charge on any atom is -0.370 e. The number of rotatable bonds is 3. The summed E-state index contributed by atoms with van der Waals surface area (Å²) in [5.74, 6) is 1.44. The predicted octanol–water partition coefficient (Wildman–Crippen LogP) is 3.90. The minimum absolute atomic E-state index is 0.402. The topological polar surface area (TPSA) is 70.6 Å². The summed E-state index contributed by atoms with van der Waals surface area (Å²) in [6, 6.07) is 10.3. The van der Waals surface area contributed by atoms with E-state index in [0.29, 0.717) is 11.5 Å². The summed E-state index contributed by atoms with van der Waals surface area (Å²) in [5.41, 5.74) is 3.74. The lowest BCUT2D eigenvalue weighted by atomic mass is 9.93. The summed E-state index contributed by atoms with van der Waals surface area (Å²) in [7, 11) is 1.99. The SMILES string of the molecule is Cn1cnnc1C1CCN(c2c(C#N)cccc2-c2cncc(Br)c2)CC1. The van der Waals surface area contributed by atoms with E-state index in [0.717, 1.165) is 53.0 Å². The molecule has 3 aromatic rings. The van der Waals surface area contributed by atoms with Gasteiger partial charge in [-0.05, 0) is 40.9 Å². The van der Waals surface area contributed by atoms with Crippen LogP contribution in [0.4, 0.5) is 5.69 Å². The van der Waals surface area contributed by atoms with E-state index in [4.69, 9.17) is 0 Å². The quantitative estimate of drug-likeness (QED) is 0.639. The first-order valence-electron chi connectivity index (χ1n) is 8.90. The fraction of sp³-hybridized carbons (Fsp3) is 0.300. The summed E-state index contributed by atoms with van der Waals surface area (Å²) in [6.45, 7) is 1.76. The van der Waals surface area contributed by atoms with Crippen LogP contribution < -0.4 is 4.90 Å². The molecule has 1 saturated heterocycles. The van der Waals surface area contributed by atoms with E-state index < -0.39 is 0 Å². The number of nitrogens with zero attached hydrogens (tertiary/aromatic N) is 6. The van der Waals surface area contributed by atoms with Crippen molar-refractivity contribution in [2.75, 3.05) is 18.0 Å². The molecular formula is C20H19BrN6. The van der Waals surface area contributed by atoms with Gasteiger partial charge in [0.05, 0.1) is 11.3 Å². The second kappa shape index (κ2) is 7.49. The summed E-state index contributed by atoms with van der Waals surface area (Å²) >= 11 is 3.50. The van der Waals surface area contributed by atoms with Gasteiger partial charge in [-0.3, -0.25) is 4.98 Å². The van der Waals surface area contributed by atoms with Crippen LogP contribution >= 0.6 is 15.9 Å². The highest BCUT2D eigenvalue weighted by Crippen LogP contribution is 2.37. The average Bonchev–Trinajstić information content (AvgIpc) is 3.13. The van der Waals surface area contributed by atoms with Gasteiger partial charge in [-0.1, -0.05) is 12.1 Å². The smallest absolute Gasteiger partial charge is 0.135 e. The van der Waals surface area contributed by atoms with Crippen molar-refractivity contribution >= 4 is 21.6 Å². The van der Waals surface area contributed by atoms with E-state index in [9.17, 15) is 5.26 Å². The number of pyridine rings is 1. The Kier molecular flexibility index (Phi) is 4.90. The van der Waals surface area contributed by atoms with Crippen LogP contribution in [0.25, 0.3) is 11.1 Å². The first-order valence-corrected chi connectivity index (χ1v) is 9.69. The van der Waals surface area contributed by atoms with Gasteiger partial charge in [-0.2, -0.15) is 5.26 Å². The zero-order chi connectivity index (χ0) is 18.8. The lowest BCUT2D eigenvalue weighted by Crippen LogP contribution is -2.34. The lowest BCUT2D eigenvalue weighted by Gasteiger charge is -2.35. The highest BCUT2D eigenvalue weighted by molar-refractivity contribution is 9.10. The third kappa shape index (κ3) is 3.45. The van der Waals surface area contributed by atoms with Crippen molar-refractivity contribution in [3.8, 4) is 17.2 Å².